The number of halogens is 2. The van der Waals surface area contributed by atoms with Crippen molar-refractivity contribution in [2.24, 2.45) is 0 Å². The second kappa shape index (κ2) is 7.67. The van der Waals surface area contributed by atoms with Gasteiger partial charge in [-0.1, -0.05) is 29.3 Å². The number of hydrogen-bond donors (Lipinski definition) is 1. The maximum absolute atomic E-state index is 12.2. The first-order valence-electron chi connectivity index (χ1n) is 7.65. The van der Waals surface area contributed by atoms with Crippen molar-refractivity contribution < 1.29 is 4.79 Å². The van der Waals surface area contributed by atoms with Gasteiger partial charge in [0, 0.05) is 19.0 Å². The molecule has 2 heterocycles. The van der Waals surface area contributed by atoms with Crippen LogP contribution in [0.25, 0.3) is 0 Å². The number of para-hydroxylation sites is 1. The number of hydrogen-bond acceptors (Lipinski definition) is 3. The summed E-state index contributed by atoms with van der Waals surface area (Å²) in [6.07, 6.45) is 2.77. The Morgan fingerprint density at radius 2 is 2.09 bits per heavy atom. The van der Waals surface area contributed by atoms with Gasteiger partial charge in [-0.05, 0) is 53.9 Å². The molecular weight excluding hydrogens is 351 g/mol. The lowest BCUT2D eigenvalue weighted by Gasteiger charge is -2.23. The lowest BCUT2D eigenvalue weighted by molar-refractivity contribution is -0.116. The maximum atomic E-state index is 12.2. The van der Waals surface area contributed by atoms with Crippen LogP contribution in [0.15, 0.2) is 35.0 Å². The number of nitrogens with one attached hydrogen (secondary N) is 1. The van der Waals surface area contributed by atoms with Crippen LogP contribution in [0.1, 0.15) is 30.9 Å². The number of likely N-dealkylation sites (tertiary alicyclic amines) is 1. The predicted molar refractivity (Wildman–Crippen MR) is 97.6 cm³/mol. The predicted octanol–water partition coefficient (Wildman–Crippen LogP) is 5.22. The zero-order valence-electron chi connectivity index (χ0n) is 12.6. The van der Waals surface area contributed by atoms with Crippen molar-refractivity contribution in [2.45, 2.75) is 25.3 Å². The number of carbonyl (C=O) groups is 1. The van der Waals surface area contributed by atoms with Crippen molar-refractivity contribution >= 4 is 46.1 Å². The average Bonchev–Trinajstić information content (AvgIpc) is 3.19. The minimum absolute atomic E-state index is 0.0593. The summed E-state index contributed by atoms with van der Waals surface area (Å²) in [6.45, 7) is 1.79. The Balaban J connectivity index is 1.57. The van der Waals surface area contributed by atoms with Crippen molar-refractivity contribution in [3.05, 3.63) is 50.6 Å². The third-order valence-electron chi connectivity index (χ3n) is 4.14. The van der Waals surface area contributed by atoms with Crippen LogP contribution in [0, 0.1) is 0 Å². The largest absolute Gasteiger partial charge is 0.324 e. The Hall–Kier alpha value is -1.07. The third-order valence-corrected chi connectivity index (χ3v) is 5.48. The average molecular weight is 369 g/mol. The zero-order chi connectivity index (χ0) is 16.2. The Bertz CT molecular complexity index is 655. The molecule has 1 aliphatic rings. The van der Waals surface area contributed by atoms with Crippen LogP contribution in [0.3, 0.4) is 0 Å². The quantitative estimate of drug-likeness (QED) is 0.784. The maximum Gasteiger partial charge on any atom is 0.225 e. The number of amides is 1. The van der Waals surface area contributed by atoms with E-state index in [1.165, 1.54) is 12.0 Å². The van der Waals surface area contributed by atoms with Gasteiger partial charge in [0.1, 0.15) is 0 Å². The van der Waals surface area contributed by atoms with Gasteiger partial charge in [-0.25, -0.2) is 0 Å². The molecule has 1 fully saturated rings. The normalized spacial score (nSPS) is 18.3. The molecule has 1 unspecified atom stereocenters. The lowest BCUT2D eigenvalue weighted by Crippen LogP contribution is -2.27. The monoisotopic (exact) mass is 368 g/mol. The number of benzene rings is 1. The second-order valence-corrected chi connectivity index (χ2v) is 7.24. The molecule has 1 aromatic carbocycles. The number of thiophene rings is 1. The van der Waals surface area contributed by atoms with Crippen LogP contribution in [-0.4, -0.2) is 23.9 Å². The number of rotatable bonds is 5. The van der Waals surface area contributed by atoms with E-state index >= 15 is 0 Å². The minimum Gasteiger partial charge on any atom is -0.324 e. The van der Waals surface area contributed by atoms with Gasteiger partial charge >= 0.3 is 0 Å². The van der Waals surface area contributed by atoms with Gasteiger partial charge < -0.3 is 5.32 Å². The Kier molecular flexibility index (Phi) is 5.59. The fraction of sp³-hybridized carbons (Fsp3) is 0.353. The number of carbonyl (C=O) groups excluding carboxylic acids is 1. The summed E-state index contributed by atoms with van der Waals surface area (Å²) in [5, 5.41) is 8.06. The van der Waals surface area contributed by atoms with Crippen molar-refractivity contribution in [2.75, 3.05) is 18.4 Å². The summed E-state index contributed by atoms with van der Waals surface area (Å²) in [4.78, 5) is 14.6. The molecular formula is C17H18Cl2N2OS. The van der Waals surface area contributed by atoms with E-state index < -0.39 is 0 Å². The smallest absolute Gasteiger partial charge is 0.225 e. The van der Waals surface area contributed by atoms with Crippen LogP contribution in [-0.2, 0) is 4.79 Å². The van der Waals surface area contributed by atoms with E-state index in [1.54, 1.807) is 29.5 Å². The highest BCUT2D eigenvalue weighted by Gasteiger charge is 2.26. The van der Waals surface area contributed by atoms with E-state index in [4.69, 9.17) is 23.2 Å². The van der Waals surface area contributed by atoms with Crippen LogP contribution < -0.4 is 5.32 Å². The topological polar surface area (TPSA) is 32.3 Å². The molecule has 1 N–H and O–H groups in total. The molecule has 1 amide bonds. The molecule has 1 atom stereocenters. The molecule has 23 heavy (non-hydrogen) atoms. The standard InChI is InChI=1S/C17H18Cl2N2OS/c18-13-3-1-4-14(19)17(13)20-16(22)6-9-21-8-2-5-15(21)12-7-10-23-11-12/h1,3-4,7,10-11,15H,2,5-6,8-9H2,(H,20,22). The van der Waals surface area contributed by atoms with E-state index in [0.717, 1.165) is 19.5 Å². The zero-order valence-corrected chi connectivity index (χ0v) is 14.9. The van der Waals surface area contributed by atoms with Gasteiger partial charge in [-0.2, -0.15) is 11.3 Å². The van der Waals surface area contributed by atoms with Crippen molar-refractivity contribution in [3.8, 4) is 0 Å². The first kappa shape index (κ1) is 16.8. The summed E-state index contributed by atoms with van der Waals surface area (Å²) in [7, 11) is 0. The highest BCUT2D eigenvalue weighted by atomic mass is 35.5. The fourth-order valence-corrected chi connectivity index (χ4v) is 4.20. The summed E-state index contributed by atoms with van der Waals surface area (Å²) in [5.74, 6) is -0.0593. The molecule has 3 nitrogen and oxygen atoms in total. The highest BCUT2D eigenvalue weighted by Crippen LogP contribution is 2.33. The SMILES string of the molecule is O=C(CCN1CCCC1c1ccsc1)Nc1c(Cl)cccc1Cl. The Morgan fingerprint density at radius 1 is 1.30 bits per heavy atom. The summed E-state index contributed by atoms with van der Waals surface area (Å²) in [6, 6.07) is 7.82. The number of nitrogens with zero attached hydrogens (tertiary/aromatic N) is 1. The Morgan fingerprint density at radius 3 is 2.78 bits per heavy atom. The number of anilines is 1. The molecule has 1 aliphatic heterocycles. The molecule has 2 aromatic rings. The first-order chi connectivity index (χ1) is 11.1. The van der Waals surface area contributed by atoms with Crippen LogP contribution >= 0.6 is 34.5 Å². The molecule has 0 saturated carbocycles. The lowest BCUT2D eigenvalue weighted by atomic mass is 10.1. The fourth-order valence-electron chi connectivity index (χ4n) is 3.00. The van der Waals surface area contributed by atoms with Crippen molar-refractivity contribution in [1.29, 1.82) is 0 Å². The summed E-state index contributed by atoms with van der Waals surface area (Å²) < 4.78 is 0. The van der Waals surface area contributed by atoms with E-state index in [0.29, 0.717) is 28.2 Å². The van der Waals surface area contributed by atoms with Gasteiger partial charge in [0.05, 0.1) is 15.7 Å². The van der Waals surface area contributed by atoms with Crippen LogP contribution in [0.4, 0.5) is 5.69 Å². The first-order valence-corrected chi connectivity index (χ1v) is 9.35. The minimum atomic E-state index is -0.0593. The Labute approximate surface area is 150 Å². The van der Waals surface area contributed by atoms with E-state index in [1.807, 2.05) is 0 Å². The van der Waals surface area contributed by atoms with Crippen molar-refractivity contribution in [3.63, 3.8) is 0 Å². The van der Waals surface area contributed by atoms with Gasteiger partial charge in [-0.15, -0.1) is 0 Å². The molecule has 0 bridgehead atoms. The molecule has 0 aliphatic carbocycles. The third kappa shape index (κ3) is 4.07. The second-order valence-electron chi connectivity index (χ2n) is 5.65. The highest BCUT2D eigenvalue weighted by molar-refractivity contribution is 7.07. The molecule has 1 aromatic heterocycles. The van der Waals surface area contributed by atoms with Gasteiger partial charge in [0.25, 0.3) is 0 Å². The summed E-state index contributed by atoms with van der Waals surface area (Å²) in [5.41, 5.74) is 1.86. The van der Waals surface area contributed by atoms with Gasteiger partial charge in [0.15, 0.2) is 0 Å². The van der Waals surface area contributed by atoms with Gasteiger partial charge in [-0.3, -0.25) is 9.69 Å². The summed E-state index contributed by atoms with van der Waals surface area (Å²) >= 11 is 13.9. The van der Waals surface area contributed by atoms with Gasteiger partial charge in [0.2, 0.25) is 5.91 Å². The molecule has 3 rings (SSSR count). The van der Waals surface area contributed by atoms with E-state index in [2.05, 4.69) is 27.0 Å². The van der Waals surface area contributed by atoms with E-state index in [-0.39, 0.29) is 5.91 Å². The molecule has 6 heteroatoms. The molecule has 0 radical (unpaired) electrons. The molecule has 1 saturated heterocycles. The molecule has 0 spiro atoms. The van der Waals surface area contributed by atoms with Crippen molar-refractivity contribution in [1.82, 2.24) is 4.90 Å². The van der Waals surface area contributed by atoms with E-state index in [9.17, 15) is 4.79 Å². The van der Waals surface area contributed by atoms with Crippen LogP contribution in [0.5, 0.6) is 0 Å². The molecule has 122 valence electrons. The van der Waals surface area contributed by atoms with Crippen LogP contribution in [0.2, 0.25) is 10.0 Å².